The van der Waals surface area contributed by atoms with Crippen LogP contribution in [0.15, 0.2) is 42.5 Å². The first-order chi connectivity index (χ1) is 9.90. The highest BCUT2D eigenvalue weighted by Gasteiger charge is 2.18. The van der Waals surface area contributed by atoms with Crippen LogP contribution in [0.4, 0.5) is 11.4 Å². The first-order valence-corrected chi connectivity index (χ1v) is 6.95. The number of rotatable bonds is 4. The summed E-state index contributed by atoms with van der Waals surface area (Å²) in [6.07, 6.45) is 0. The molecule has 0 saturated carbocycles. The Kier molecular flexibility index (Phi) is 4.38. The molecule has 1 atom stereocenters. The van der Waals surface area contributed by atoms with Crippen LogP contribution in [0.25, 0.3) is 0 Å². The second kappa shape index (κ2) is 6.06. The number of halogens is 1. The number of hydrogen-bond donors (Lipinski definition) is 2. The van der Waals surface area contributed by atoms with Gasteiger partial charge in [-0.2, -0.15) is 0 Å². The molecule has 4 N–H and O–H groups in total. The first kappa shape index (κ1) is 15.2. The van der Waals surface area contributed by atoms with Crippen LogP contribution in [0.2, 0.25) is 5.02 Å². The number of amides is 1. The van der Waals surface area contributed by atoms with Gasteiger partial charge in [0.15, 0.2) is 0 Å². The van der Waals surface area contributed by atoms with Gasteiger partial charge in [-0.25, -0.2) is 0 Å². The van der Waals surface area contributed by atoms with Gasteiger partial charge in [-0.15, -0.1) is 0 Å². The van der Waals surface area contributed by atoms with Gasteiger partial charge in [-0.1, -0.05) is 23.7 Å². The van der Waals surface area contributed by atoms with Gasteiger partial charge in [-0.3, -0.25) is 4.79 Å². The molecule has 0 radical (unpaired) electrons. The molecule has 0 aliphatic rings. The molecule has 0 heterocycles. The maximum Gasteiger partial charge on any atom is 0.250 e. The van der Waals surface area contributed by atoms with Crippen LogP contribution in [-0.2, 0) is 0 Å². The molecule has 5 heteroatoms. The molecule has 2 aromatic rings. The molecule has 0 bridgehead atoms. The van der Waals surface area contributed by atoms with Crippen LogP contribution in [0, 0.1) is 0 Å². The summed E-state index contributed by atoms with van der Waals surface area (Å²) < 4.78 is 0. The Morgan fingerprint density at radius 2 is 1.81 bits per heavy atom. The quantitative estimate of drug-likeness (QED) is 0.852. The van der Waals surface area contributed by atoms with Gasteiger partial charge in [0.1, 0.15) is 0 Å². The molecule has 110 valence electrons. The van der Waals surface area contributed by atoms with E-state index in [0.717, 1.165) is 5.56 Å². The standard InChI is InChI=1S/C16H18ClN3O/c1-10(11-3-5-12(17)6-4-11)20(2)15-9-13(18)7-8-14(15)16(19)21/h3-10H,18H2,1-2H3,(H2,19,21). The number of carbonyl (C=O) groups is 1. The van der Waals surface area contributed by atoms with E-state index in [0.29, 0.717) is 22.0 Å². The lowest BCUT2D eigenvalue weighted by atomic mass is 10.0. The third-order valence-corrected chi connectivity index (χ3v) is 3.85. The molecule has 2 aromatic carbocycles. The highest BCUT2D eigenvalue weighted by Crippen LogP contribution is 2.30. The maximum atomic E-state index is 11.6. The van der Waals surface area contributed by atoms with E-state index >= 15 is 0 Å². The van der Waals surface area contributed by atoms with Crippen molar-refractivity contribution >= 4 is 28.9 Å². The predicted molar refractivity (Wildman–Crippen MR) is 87.6 cm³/mol. The highest BCUT2D eigenvalue weighted by molar-refractivity contribution is 6.30. The number of carbonyl (C=O) groups excluding carboxylic acids is 1. The van der Waals surface area contributed by atoms with Crippen LogP contribution in [0.3, 0.4) is 0 Å². The Bertz CT molecular complexity index is 655. The van der Waals surface area contributed by atoms with Crippen molar-refractivity contribution < 1.29 is 4.79 Å². The van der Waals surface area contributed by atoms with E-state index in [-0.39, 0.29) is 6.04 Å². The van der Waals surface area contributed by atoms with Gasteiger partial charge in [0.25, 0.3) is 5.91 Å². The smallest absolute Gasteiger partial charge is 0.250 e. The zero-order valence-electron chi connectivity index (χ0n) is 12.0. The third kappa shape index (κ3) is 3.28. The van der Waals surface area contributed by atoms with Crippen molar-refractivity contribution in [1.82, 2.24) is 0 Å². The molecule has 21 heavy (non-hydrogen) atoms. The Morgan fingerprint density at radius 1 is 1.19 bits per heavy atom. The molecular formula is C16H18ClN3O. The molecule has 4 nitrogen and oxygen atoms in total. The van der Waals surface area contributed by atoms with Crippen molar-refractivity contribution in [3.05, 3.63) is 58.6 Å². The lowest BCUT2D eigenvalue weighted by Crippen LogP contribution is -2.25. The van der Waals surface area contributed by atoms with Crippen molar-refractivity contribution in [1.29, 1.82) is 0 Å². The summed E-state index contributed by atoms with van der Waals surface area (Å²) in [5, 5.41) is 0.690. The van der Waals surface area contributed by atoms with E-state index in [1.807, 2.05) is 43.1 Å². The highest BCUT2D eigenvalue weighted by atomic mass is 35.5. The number of nitrogens with two attached hydrogens (primary N) is 2. The van der Waals surface area contributed by atoms with E-state index in [1.54, 1.807) is 18.2 Å². The average molecular weight is 304 g/mol. The lowest BCUT2D eigenvalue weighted by molar-refractivity contribution is 0.100. The summed E-state index contributed by atoms with van der Waals surface area (Å²) in [6, 6.07) is 12.7. The largest absolute Gasteiger partial charge is 0.399 e. The fourth-order valence-corrected chi connectivity index (χ4v) is 2.35. The fraction of sp³-hybridized carbons (Fsp3) is 0.188. The molecule has 2 rings (SSSR count). The topological polar surface area (TPSA) is 72.3 Å². The number of nitrogen functional groups attached to an aromatic ring is 1. The average Bonchev–Trinajstić information content (AvgIpc) is 2.46. The molecule has 1 unspecified atom stereocenters. The summed E-state index contributed by atoms with van der Waals surface area (Å²) in [6.45, 7) is 2.04. The summed E-state index contributed by atoms with van der Waals surface area (Å²) in [4.78, 5) is 13.6. The second-order valence-corrected chi connectivity index (χ2v) is 5.42. The van der Waals surface area contributed by atoms with E-state index < -0.39 is 5.91 Å². The molecule has 0 aliphatic heterocycles. The van der Waals surface area contributed by atoms with Crippen LogP contribution in [-0.4, -0.2) is 13.0 Å². The lowest BCUT2D eigenvalue weighted by Gasteiger charge is -2.29. The molecule has 0 aromatic heterocycles. The normalized spacial score (nSPS) is 12.0. The van der Waals surface area contributed by atoms with Gasteiger partial charge in [0, 0.05) is 17.8 Å². The maximum absolute atomic E-state index is 11.6. The van der Waals surface area contributed by atoms with Crippen molar-refractivity contribution in [2.75, 3.05) is 17.7 Å². The van der Waals surface area contributed by atoms with Gasteiger partial charge in [-0.05, 0) is 42.8 Å². The van der Waals surface area contributed by atoms with Crippen LogP contribution in [0.1, 0.15) is 28.9 Å². The minimum absolute atomic E-state index is 0.0437. The van der Waals surface area contributed by atoms with Crippen molar-refractivity contribution in [2.45, 2.75) is 13.0 Å². The van der Waals surface area contributed by atoms with Gasteiger partial charge in [0.05, 0.1) is 17.3 Å². The van der Waals surface area contributed by atoms with Gasteiger partial charge in [0.2, 0.25) is 0 Å². The fourth-order valence-electron chi connectivity index (χ4n) is 2.22. The minimum atomic E-state index is -0.472. The predicted octanol–water partition coefficient (Wildman–Crippen LogP) is 3.22. The Morgan fingerprint density at radius 3 is 2.38 bits per heavy atom. The Balaban J connectivity index is 2.39. The molecule has 0 spiro atoms. The SMILES string of the molecule is CC(c1ccc(Cl)cc1)N(C)c1cc(N)ccc1C(N)=O. The van der Waals surface area contributed by atoms with Crippen molar-refractivity contribution in [3.8, 4) is 0 Å². The molecule has 0 saturated heterocycles. The molecule has 0 fully saturated rings. The number of benzene rings is 2. The molecule has 1 amide bonds. The second-order valence-electron chi connectivity index (χ2n) is 4.98. The van der Waals surface area contributed by atoms with Crippen LogP contribution < -0.4 is 16.4 Å². The monoisotopic (exact) mass is 303 g/mol. The van der Waals surface area contributed by atoms with E-state index in [2.05, 4.69) is 0 Å². The van der Waals surface area contributed by atoms with Crippen molar-refractivity contribution in [3.63, 3.8) is 0 Å². The van der Waals surface area contributed by atoms with Crippen LogP contribution in [0.5, 0.6) is 0 Å². The first-order valence-electron chi connectivity index (χ1n) is 6.57. The summed E-state index contributed by atoms with van der Waals surface area (Å²) in [7, 11) is 1.90. The summed E-state index contributed by atoms with van der Waals surface area (Å²) >= 11 is 5.91. The minimum Gasteiger partial charge on any atom is -0.399 e. The number of primary amides is 1. The Hall–Kier alpha value is -2.20. The number of anilines is 2. The molecular weight excluding hydrogens is 286 g/mol. The Labute approximate surface area is 129 Å². The summed E-state index contributed by atoms with van der Waals surface area (Å²) in [5.41, 5.74) is 14.1. The van der Waals surface area contributed by atoms with Crippen LogP contribution >= 0.6 is 11.6 Å². The van der Waals surface area contributed by atoms with E-state index in [9.17, 15) is 4.79 Å². The number of nitrogens with zero attached hydrogens (tertiary/aromatic N) is 1. The zero-order chi connectivity index (χ0) is 15.6. The number of hydrogen-bond acceptors (Lipinski definition) is 3. The van der Waals surface area contributed by atoms with Gasteiger partial charge < -0.3 is 16.4 Å². The van der Waals surface area contributed by atoms with E-state index in [1.165, 1.54) is 0 Å². The van der Waals surface area contributed by atoms with Crippen molar-refractivity contribution in [2.24, 2.45) is 5.73 Å². The van der Waals surface area contributed by atoms with Gasteiger partial charge >= 0.3 is 0 Å². The third-order valence-electron chi connectivity index (χ3n) is 3.60. The summed E-state index contributed by atoms with van der Waals surface area (Å²) in [5.74, 6) is -0.472. The van der Waals surface area contributed by atoms with E-state index in [4.69, 9.17) is 23.1 Å². The molecule has 0 aliphatic carbocycles. The zero-order valence-corrected chi connectivity index (χ0v) is 12.8.